The van der Waals surface area contributed by atoms with E-state index in [0.29, 0.717) is 12.5 Å². The highest BCUT2D eigenvalue weighted by Gasteiger charge is 2.17. The lowest BCUT2D eigenvalue weighted by molar-refractivity contribution is 0.126. The zero-order valence-electron chi connectivity index (χ0n) is 12.1. The molecular formula is C16H24BrNO2. The van der Waals surface area contributed by atoms with E-state index in [4.69, 9.17) is 9.84 Å². The number of aliphatic hydroxyl groups excluding tert-OH is 1. The first-order valence-corrected chi connectivity index (χ1v) is 8.21. The Hall–Kier alpha value is -0.580. The van der Waals surface area contributed by atoms with Gasteiger partial charge in [-0.3, -0.25) is 0 Å². The molecule has 0 aromatic heterocycles. The van der Waals surface area contributed by atoms with Crippen molar-refractivity contribution in [2.24, 2.45) is 5.92 Å². The molecule has 112 valence electrons. The van der Waals surface area contributed by atoms with E-state index in [1.165, 1.54) is 0 Å². The molecule has 2 rings (SSSR count). The largest absolute Gasteiger partial charge is 0.493 e. The Labute approximate surface area is 130 Å². The van der Waals surface area contributed by atoms with E-state index >= 15 is 0 Å². The molecule has 3 nitrogen and oxygen atoms in total. The predicted octanol–water partition coefficient (Wildman–Crippen LogP) is 3.23. The Morgan fingerprint density at radius 2 is 2.10 bits per heavy atom. The molecule has 4 heteroatoms. The lowest BCUT2D eigenvalue weighted by Gasteiger charge is -2.30. The van der Waals surface area contributed by atoms with Crippen LogP contribution in [-0.4, -0.2) is 42.9 Å². The van der Waals surface area contributed by atoms with Crippen LogP contribution in [-0.2, 0) is 0 Å². The summed E-state index contributed by atoms with van der Waals surface area (Å²) in [5.74, 6) is 1.49. The predicted molar refractivity (Wildman–Crippen MR) is 85.2 cm³/mol. The number of piperidine rings is 1. The lowest BCUT2D eigenvalue weighted by Crippen LogP contribution is -2.35. The van der Waals surface area contributed by atoms with Crippen LogP contribution in [0.2, 0.25) is 0 Å². The van der Waals surface area contributed by atoms with Crippen molar-refractivity contribution < 1.29 is 9.84 Å². The first kappa shape index (κ1) is 15.8. The van der Waals surface area contributed by atoms with E-state index in [9.17, 15) is 0 Å². The van der Waals surface area contributed by atoms with Gasteiger partial charge >= 0.3 is 0 Å². The number of likely N-dealkylation sites (tertiary alicyclic amines) is 1. The number of hydrogen-bond donors (Lipinski definition) is 1. The number of benzene rings is 1. The van der Waals surface area contributed by atoms with Crippen molar-refractivity contribution in [2.75, 3.05) is 32.8 Å². The van der Waals surface area contributed by atoms with Crippen molar-refractivity contribution in [1.29, 1.82) is 0 Å². The summed E-state index contributed by atoms with van der Waals surface area (Å²) in [4.78, 5) is 2.48. The summed E-state index contributed by atoms with van der Waals surface area (Å²) in [6.07, 6.45) is 3.31. The van der Waals surface area contributed by atoms with Crippen LogP contribution in [0.5, 0.6) is 5.75 Å². The smallest absolute Gasteiger partial charge is 0.123 e. The Bertz CT molecular complexity index is 417. The van der Waals surface area contributed by atoms with Gasteiger partial charge in [0, 0.05) is 23.2 Å². The molecule has 1 aliphatic rings. The van der Waals surface area contributed by atoms with Gasteiger partial charge in [0.25, 0.3) is 0 Å². The van der Waals surface area contributed by atoms with Crippen LogP contribution >= 0.6 is 15.9 Å². The van der Waals surface area contributed by atoms with Crippen LogP contribution in [0.15, 0.2) is 22.7 Å². The van der Waals surface area contributed by atoms with Gasteiger partial charge in [-0.15, -0.1) is 0 Å². The monoisotopic (exact) mass is 341 g/mol. The van der Waals surface area contributed by atoms with Gasteiger partial charge in [-0.1, -0.05) is 22.0 Å². The van der Waals surface area contributed by atoms with Crippen molar-refractivity contribution in [3.05, 3.63) is 28.2 Å². The van der Waals surface area contributed by atoms with Gasteiger partial charge in [0.1, 0.15) is 5.75 Å². The Kier molecular flexibility index (Phi) is 6.33. The summed E-state index contributed by atoms with van der Waals surface area (Å²) in [7, 11) is 0. The van der Waals surface area contributed by atoms with Crippen LogP contribution in [0.3, 0.4) is 0 Å². The summed E-state index contributed by atoms with van der Waals surface area (Å²) in [5.41, 5.74) is 1.16. The third-order valence-corrected chi connectivity index (χ3v) is 4.92. The standard InChI is InChI=1S/C16H24BrNO2/c1-13-15(17)4-2-5-16(13)20-11-3-8-18-9-6-14(12-19)7-10-18/h2,4-5,14,19H,3,6-12H2,1H3. The second-order valence-corrected chi connectivity index (χ2v) is 6.39. The van der Waals surface area contributed by atoms with Crippen molar-refractivity contribution in [1.82, 2.24) is 4.90 Å². The molecule has 1 N–H and O–H groups in total. The molecule has 0 aliphatic carbocycles. The molecule has 1 saturated heterocycles. The molecule has 0 atom stereocenters. The SMILES string of the molecule is Cc1c(Br)cccc1OCCCN1CCC(CO)CC1. The minimum Gasteiger partial charge on any atom is -0.493 e. The van der Waals surface area contributed by atoms with Gasteiger partial charge < -0.3 is 14.7 Å². The fourth-order valence-electron chi connectivity index (χ4n) is 2.61. The molecule has 1 fully saturated rings. The van der Waals surface area contributed by atoms with E-state index in [0.717, 1.165) is 61.3 Å². The van der Waals surface area contributed by atoms with Gasteiger partial charge in [-0.05, 0) is 57.3 Å². The molecule has 0 saturated carbocycles. The molecule has 0 amide bonds. The number of ether oxygens (including phenoxy) is 1. The summed E-state index contributed by atoms with van der Waals surface area (Å²) in [5, 5.41) is 9.12. The highest BCUT2D eigenvalue weighted by molar-refractivity contribution is 9.10. The normalized spacial score (nSPS) is 17.4. The van der Waals surface area contributed by atoms with Crippen LogP contribution in [0.25, 0.3) is 0 Å². The average Bonchev–Trinajstić information content (AvgIpc) is 2.48. The second-order valence-electron chi connectivity index (χ2n) is 5.53. The van der Waals surface area contributed by atoms with E-state index in [1.54, 1.807) is 0 Å². The zero-order valence-corrected chi connectivity index (χ0v) is 13.7. The first-order valence-electron chi connectivity index (χ1n) is 7.42. The van der Waals surface area contributed by atoms with Crippen molar-refractivity contribution in [2.45, 2.75) is 26.2 Å². The first-order chi connectivity index (χ1) is 9.70. The maximum atomic E-state index is 9.12. The highest BCUT2D eigenvalue weighted by Crippen LogP contribution is 2.25. The van der Waals surface area contributed by atoms with E-state index < -0.39 is 0 Å². The van der Waals surface area contributed by atoms with Gasteiger partial charge in [-0.2, -0.15) is 0 Å². The summed E-state index contributed by atoms with van der Waals surface area (Å²) >= 11 is 3.52. The minimum atomic E-state index is 0.346. The molecule has 0 spiro atoms. The molecule has 1 aromatic rings. The van der Waals surface area contributed by atoms with Gasteiger partial charge in [0.2, 0.25) is 0 Å². The van der Waals surface area contributed by atoms with E-state index in [-0.39, 0.29) is 0 Å². The fraction of sp³-hybridized carbons (Fsp3) is 0.625. The summed E-state index contributed by atoms with van der Waals surface area (Å²) < 4.78 is 6.95. The molecule has 1 heterocycles. The Morgan fingerprint density at radius 3 is 2.80 bits per heavy atom. The van der Waals surface area contributed by atoms with Crippen molar-refractivity contribution in [3.63, 3.8) is 0 Å². The zero-order chi connectivity index (χ0) is 14.4. The third-order valence-electron chi connectivity index (χ3n) is 4.06. The van der Waals surface area contributed by atoms with E-state index in [1.807, 2.05) is 18.2 Å². The third kappa shape index (κ3) is 4.47. The quantitative estimate of drug-likeness (QED) is 0.806. The number of hydrogen-bond acceptors (Lipinski definition) is 3. The molecule has 0 bridgehead atoms. The van der Waals surface area contributed by atoms with Gasteiger partial charge in [0.05, 0.1) is 6.61 Å². The second kappa shape index (κ2) is 8.01. The average molecular weight is 342 g/mol. The van der Waals surface area contributed by atoms with Crippen LogP contribution in [0.1, 0.15) is 24.8 Å². The highest BCUT2D eigenvalue weighted by atomic mass is 79.9. The lowest BCUT2D eigenvalue weighted by atomic mass is 9.98. The molecule has 0 unspecified atom stereocenters. The Morgan fingerprint density at radius 1 is 1.35 bits per heavy atom. The van der Waals surface area contributed by atoms with Gasteiger partial charge in [0.15, 0.2) is 0 Å². The van der Waals surface area contributed by atoms with Crippen LogP contribution in [0, 0.1) is 12.8 Å². The summed E-state index contributed by atoms with van der Waals surface area (Å²) in [6, 6.07) is 6.06. The fourth-order valence-corrected chi connectivity index (χ4v) is 2.95. The van der Waals surface area contributed by atoms with E-state index in [2.05, 4.69) is 27.8 Å². The molecule has 0 radical (unpaired) electrons. The molecule has 1 aliphatic heterocycles. The molecular weight excluding hydrogens is 318 g/mol. The number of nitrogens with zero attached hydrogens (tertiary/aromatic N) is 1. The Balaban J connectivity index is 1.66. The van der Waals surface area contributed by atoms with Crippen molar-refractivity contribution >= 4 is 15.9 Å². The van der Waals surface area contributed by atoms with Gasteiger partial charge in [-0.25, -0.2) is 0 Å². The number of aliphatic hydroxyl groups is 1. The maximum absolute atomic E-state index is 9.12. The van der Waals surface area contributed by atoms with Crippen LogP contribution in [0.4, 0.5) is 0 Å². The minimum absolute atomic E-state index is 0.346. The van der Waals surface area contributed by atoms with Crippen LogP contribution < -0.4 is 4.74 Å². The topological polar surface area (TPSA) is 32.7 Å². The molecule has 20 heavy (non-hydrogen) atoms. The maximum Gasteiger partial charge on any atom is 0.123 e. The van der Waals surface area contributed by atoms with Crippen molar-refractivity contribution in [3.8, 4) is 5.75 Å². The summed E-state index contributed by atoms with van der Waals surface area (Å²) in [6.45, 7) is 6.49. The molecule has 1 aromatic carbocycles. The number of halogens is 1. The number of rotatable bonds is 6.